The summed E-state index contributed by atoms with van der Waals surface area (Å²) in [6.07, 6.45) is 5.77. The van der Waals surface area contributed by atoms with E-state index in [1.54, 1.807) is 6.07 Å². The summed E-state index contributed by atoms with van der Waals surface area (Å²) in [7, 11) is 0. The SMILES string of the molecule is O=C(COc1ccccc1F)OCc1cc(=O)n2nc(C3CCCCC3)sc2n1. The van der Waals surface area contributed by atoms with Gasteiger partial charge < -0.3 is 9.47 Å². The fraction of sp³-hybridized carbons (Fsp3) is 0.400. The highest BCUT2D eigenvalue weighted by Crippen LogP contribution is 2.34. The fourth-order valence-electron chi connectivity index (χ4n) is 3.35. The highest BCUT2D eigenvalue weighted by atomic mass is 32.1. The summed E-state index contributed by atoms with van der Waals surface area (Å²) in [5, 5.41) is 5.37. The molecule has 2 heterocycles. The van der Waals surface area contributed by atoms with Gasteiger partial charge in [0.15, 0.2) is 18.2 Å². The molecule has 7 nitrogen and oxygen atoms in total. The maximum atomic E-state index is 13.5. The monoisotopic (exact) mass is 417 g/mol. The van der Waals surface area contributed by atoms with Crippen LogP contribution in [0.3, 0.4) is 0 Å². The Morgan fingerprint density at radius 3 is 2.83 bits per heavy atom. The number of rotatable bonds is 6. The van der Waals surface area contributed by atoms with E-state index in [1.807, 2.05) is 0 Å². The van der Waals surface area contributed by atoms with Gasteiger partial charge in [0, 0.05) is 12.0 Å². The first-order valence-corrected chi connectivity index (χ1v) is 10.3. The summed E-state index contributed by atoms with van der Waals surface area (Å²) in [5.41, 5.74) is 0.0371. The van der Waals surface area contributed by atoms with E-state index in [2.05, 4.69) is 10.1 Å². The number of hydrogen-bond donors (Lipinski definition) is 0. The van der Waals surface area contributed by atoms with Crippen LogP contribution in [0.1, 0.15) is 48.7 Å². The van der Waals surface area contributed by atoms with Crippen LogP contribution in [0.15, 0.2) is 35.1 Å². The minimum Gasteiger partial charge on any atom is -0.479 e. The zero-order valence-corrected chi connectivity index (χ0v) is 16.5. The Bertz CT molecular complexity index is 1080. The van der Waals surface area contributed by atoms with Crippen molar-refractivity contribution >= 4 is 22.3 Å². The van der Waals surface area contributed by atoms with Gasteiger partial charge in [0.25, 0.3) is 5.56 Å². The van der Waals surface area contributed by atoms with Gasteiger partial charge in [-0.1, -0.05) is 42.7 Å². The maximum Gasteiger partial charge on any atom is 0.344 e. The van der Waals surface area contributed by atoms with E-state index in [1.165, 1.54) is 59.4 Å². The Balaban J connectivity index is 1.39. The molecule has 0 amide bonds. The van der Waals surface area contributed by atoms with Crippen molar-refractivity contribution in [2.75, 3.05) is 6.61 Å². The molecule has 152 valence electrons. The summed E-state index contributed by atoms with van der Waals surface area (Å²) in [6.45, 7) is -0.601. The first-order chi connectivity index (χ1) is 14.1. The molecule has 0 saturated heterocycles. The van der Waals surface area contributed by atoms with E-state index in [-0.39, 0.29) is 17.9 Å². The highest BCUT2D eigenvalue weighted by Gasteiger charge is 2.21. The number of carbonyl (C=O) groups is 1. The van der Waals surface area contributed by atoms with Crippen molar-refractivity contribution in [3.8, 4) is 5.75 Å². The molecule has 29 heavy (non-hydrogen) atoms. The third-order valence-corrected chi connectivity index (χ3v) is 5.90. The Morgan fingerprint density at radius 1 is 1.24 bits per heavy atom. The summed E-state index contributed by atoms with van der Waals surface area (Å²) in [5.74, 6) is -0.879. The van der Waals surface area contributed by atoms with Gasteiger partial charge in [0.1, 0.15) is 11.6 Å². The fourth-order valence-corrected chi connectivity index (χ4v) is 4.45. The van der Waals surface area contributed by atoms with Gasteiger partial charge in [-0.05, 0) is 25.0 Å². The molecule has 2 aromatic heterocycles. The van der Waals surface area contributed by atoms with Crippen LogP contribution in [0.25, 0.3) is 4.96 Å². The molecule has 0 unspecified atom stereocenters. The molecule has 9 heteroatoms. The smallest absolute Gasteiger partial charge is 0.344 e. The molecule has 0 bridgehead atoms. The average molecular weight is 417 g/mol. The van der Waals surface area contributed by atoms with Crippen LogP contribution in [-0.4, -0.2) is 27.2 Å². The van der Waals surface area contributed by atoms with Crippen LogP contribution in [0, 0.1) is 5.82 Å². The zero-order valence-electron chi connectivity index (χ0n) is 15.7. The van der Waals surface area contributed by atoms with Crippen molar-refractivity contribution in [3.63, 3.8) is 0 Å². The number of para-hydroxylation sites is 1. The van der Waals surface area contributed by atoms with Crippen molar-refractivity contribution in [3.05, 3.63) is 57.2 Å². The van der Waals surface area contributed by atoms with Crippen molar-refractivity contribution in [1.29, 1.82) is 0 Å². The van der Waals surface area contributed by atoms with Gasteiger partial charge in [-0.2, -0.15) is 9.61 Å². The molecular weight excluding hydrogens is 397 g/mol. The van der Waals surface area contributed by atoms with E-state index < -0.39 is 18.4 Å². The number of aromatic nitrogens is 3. The van der Waals surface area contributed by atoms with E-state index in [0.717, 1.165) is 17.8 Å². The molecule has 1 fully saturated rings. The van der Waals surface area contributed by atoms with Gasteiger partial charge in [0.2, 0.25) is 4.96 Å². The lowest BCUT2D eigenvalue weighted by Gasteiger charge is -2.18. The van der Waals surface area contributed by atoms with E-state index >= 15 is 0 Å². The van der Waals surface area contributed by atoms with E-state index in [0.29, 0.717) is 16.6 Å². The second kappa shape index (κ2) is 8.69. The molecule has 0 spiro atoms. The first kappa shape index (κ1) is 19.5. The number of halogens is 1. The van der Waals surface area contributed by atoms with E-state index in [4.69, 9.17) is 9.47 Å². The number of esters is 1. The van der Waals surface area contributed by atoms with Gasteiger partial charge >= 0.3 is 5.97 Å². The molecular formula is C20H20FN3O4S. The molecule has 3 aromatic rings. The number of benzene rings is 1. The van der Waals surface area contributed by atoms with Crippen LogP contribution < -0.4 is 10.3 Å². The summed E-state index contributed by atoms with van der Waals surface area (Å²) >= 11 is 1.41. The lowest BCUT2D eigenvalue weighted by Crippen LogP contribution is -2.19. The van der Waals surface area contributed by atoms with E-state index in [9.17, 15) is 14.0 Å². The Kier molecular flexibility index (Phi) is 5.84. The maximum absolute atomic E-state index is 13.5. The number of ether oxygens (including phenoxy) is 2. The zero-order chi connectivity index (χ0) is 20.2. The van der Waals surface area contributed by atoms with Crippen LogP contribution >= 0.6 is 11.3 Å². The van der Waals surface area contributed by atoms with Gasteiger partial charge in [-0.25, -0.2) is 14.2 Å². The summed E-state index contributed by atoms with van der Waals surface area (Å²) in [4.78, 5) is 29.1. The lowest BCUT2D eigenvalue weighted by molar-refractivity contribution is -0.147. The quantitative estimate of drug-likeness (QED) is 0.571. The molecule has 0 N–H and O–H groups in total. The second-order valence-electron chi connectivity index (χ2n) is 6.94. The topological polar surface area (TPSA) is 82.8 Å². The number of nitrogens with zero attached hydrogens (tertiary/aromatic N) is 3. The van der Waals surface area contributed by atoms with Crippen molar-refractivity contribution in [1.82, 2.24) is 14.6 Å². The van der Waals surface area contributed by atoms with Crippen LogP contribution in [0.5, 0.6) is 5.75 Å². The Labute approximate surface area is 170 Å². The predicted octanol–water partition coefficient (Wildman–Crippen LogP) is 3.46. The number of carbonyl (C=O) groups excluding carboxylic acids is 1. The normalized spacial score (nSPS) is 14.8. The minimum atomic E-state index is -0.678. The summed E-state index contributed by atoms with van der Waals surface area (Å²) in [6, 6.07) is 7.10. The molecule has 1 aliphatic carbocycles. The molecule has 0 atom stereocenters. The third kappa shape index (κ3) is 4.61. The molecule has 0 aliphatic heterocycles. The molecule has 1 saturated carbocycles. The number of fused-ring (bicyclic) bond motifs is 1. The van der Waals surface area contributed by atoms with Crippen molar-refractivity contribution < 1.29 is 18.7 Å². The molecule has 1 aliphatic rings. The highest BCUT2D eigenvalue weighted by molar-refractivity contribution is 7.16. The second-order valence-corrected chi connectivity index (χ2v) is 7.92. The molecule has 0 radical (unpaired) electrons. The third-order valence-electron chi connectivity index (χ3n) is 4.83. The number of hydrogen-bond acceptors (Lipinski definition) is 7. The molecule has 1 aromatic carbocycles. The minimum absolute atomic E-state index is 0.0258. The van der Waals surface area contributed by atoms with Crippen molar-refractivity contribution in [2.24, 2.45) is 0 Å². The average Bonchev–Trinajstić information content (AvgIpc) is 3.17. The van der Waals surface area contributed by atoms with Gasteiger partial charge in [0.05, 0.1) is 5.69 Å². The van der Waals surface area contributed by atoms with Gasteiger partial charge in [-0.15, -0.1) is 0 Å². The predicted molar refractivity (Wildman–Crippen MR) is 105 cm³/mol. The van der Waals surface area contributed by atoms with Crippen LogP contribution in [0.2, 0.25) is 0 Å². The van der Waals surface area contributed by atoms with Gasteiger partial charge in [-0.3, -0.25) is 4.79 Å². The largest absolute Gasteiger partial charge is 0.479 e. The van der Waals surface area contributed by atoms with Crippen molar-refractivity contribution in [2.45, 2.75) is 44.6 Å². The lowest BCUT2D eigenvalue weighted by atomic mass is 9.90. The van der Waals surface area contributed by atoms with Crippen LogP contribution in [-0.2, 0) is 16.1 Å². The Hall–Kier alpha value is -2.81. The standard InChI is InChI=1S/C20H20FN3O4S/c21-15-8-4-5-9-16(15)27-12-18(26)28-11-14-10-17(25)24-20(22-14)29-19(23-24)13-6-2-1-3-7-13/h4-5,8-10,13H,1-3,6-7,11-12H2. The summed E-state index contributed by atoms with van der Waals surface area (Å²) < 4.78 is 25.0. The van der Waals surface area contributed by atoms with Crippen LogP contribution in [0.4, 0.5) is 4.39 Å². The first-order valence-electron chi connectivity index (χ1n) is 9.53. The Morgan fingerprint density at radius 2 is 2.03 bits per heavy atom. The molecule has 4 rings (SSSR count).